The number of carbonyl (C=O) groups excluding carboxylic acids is 1. The number of alkyl halides is 1. The minimum absolute atomic E-state index is 0.212. The molecule has 0 saturated heterocycles. The van der Waals surface area contributed by atoms with E-state index in [2.05, 4.69) is 12.1 Å². The SMILES string of the molecule is O=C(C1CCCCCC1)N(CCCl)Cc1ccccc1. The maximum Gasteiger partial charge on any atom is 0.226 e. The van der Waals surface area contributed by atoms with Gasteiger partial charge in [0.15, 0.2) is 0 Å². The van der Waals surface area contributed by atoms with Gasteiger partial charge in [-0.1, -0.05) is 56.0 Å². The zero-order valence-corrected chi connectivity index (χ0v) is 12.8. The lowest BCUT2D eigenvalue weighted by molar-refractivity contribution is -0.136. The Hall–Kier alpha value is -1.02. The first kappa shape index (κ1) is 15.4. The molecule has 0 radical (unpaired) electrons. The van der Waals surface area contributed by atoms with Crippen LogP contribution in [-0.2, 0) is 11.3 Å². The van der Waals surface area contributed by atoms with Crippen LogP contribution in [0.1, 0.15) is 44.1 Å². The molecule has 0 aliphatic heterocycles. The zero-order chi connectivity index (χ0) is 14.2. The van der Waals surface area contributed by atoms with E-state index < -0.39 is 0 Å². The third-order valence-electron chi connectivity index (χ3n) is 4.09. The summed E-state index contributed by atoms with van der Waals surface area (Å²) in [6, 6.07) is 10.2. The predicted molar refractivity (Wildman–Crippen MR) is 83.8 cm³/mol. The average molecular weight is 294 g/mol. The first-order valence-corrected chi connectivity index (χ1v) is 8.23. The molecule has 2 rings (SSSR count). The molecule has 0 heterocycles. The van der Waals surface area contributed by atoms with Gasteiger partial charge in [0.05, 0.1) is 0 Å². The van der Waals surface area contributed by atoms with Gasteiger partial charge in [-0.15, -0.1) is 11.6 Å². The Morgan fingerprint density at radius 1 is 1.10 bits per heavy atom. The van der Waals surface area contributed by atoms with E-state index in [1.54, 1.807) is 0 Å². The molecule has 0 spiro atoms. The summed E-state index contributed by atoms with van der Waals surface area (Å²) in [6.45, 7) is 1.33. The molecule has 0 aromatic heterocycles. The van der Waals surface area contributed by atoms with Crippen molar-refractivity contribution in [3.63, 3.8) is 0 Å². The highest BCUT2D eigenvalue weighted by atomic mass is 35.5. The van der Waals surface area contributed by atoms with E-state index in [9.17, 15) is 4.79 Å². The van der Waals surface area contributed by atoms with Crippen LogP contribution in [0.3, 0.4) is 0 Å². The molecule has 0 atom stereocenters. The Morgan fingerprint density at radius 2 is 1.75 bits per heavy atom. The Labute approximate surface area is 127 Å². The molecule has 3 heteroatoms. The first-order valence-electron chi connectivity index (χ1n) is 7.70. The normalized spacial score (nSPS) is 16.6. The molecular weight excluding hydrogens is 270 g/mol. The van der Waals surface area contributed by atoms with Gasteiger partial charge in [0.2, 0.25) is 5.91 Å². The minimum Gasteiger partial charge on any atom is -0.337 e. The maximum absolute atomic E-state index is 12.7. The fraction of sp³-hybridized carbons (Fsp3) is 0.588. The molecule has 1 aromatic rings. The largest absolute Gasteiger partial charge is 0.337 e. The Morgan fingerprint density at radius 3 is 2.35 bits per heavy atom. The van der Waals surface area contributed by atoms with Gasteiger partial charge in [0, 0.05) is 24.9 Å². The predicted octanol–water partition coefficient (Wildman–Crippen LogP) is 4.22. The van der Waals surface area contributed by atoms with Gasteiger partial charge in [-0.25, -0.2) is 0 Å². The fourth-order valence-electron chi connectivity index (χ4n) is 2.96. The van der Waals surface area contributed by atoms with Gasteiger partial charge in [-0.3, -0.25) is 4.79 Å². The molecule has 1 aliphatic carbocycles. The minimum atomic E-state index is 0.212. The van der Waals surface area contributed by atoms with E-state index >= 15 is 0 Å². The summed E-state index contributed by atoms with van der Waals surface area (Å²) in [6.07, 6.45) is 7.03. The summed E-state index contributed by atoms with van der Waals surface area (Å²) in [5.41, 5.74) is 1.18. The van der Waals surface area contributed by atoms with Gasteiger partial charge < -0.3 is 4.90 Å². The lowest BCUT2D eigenvalue weighted by Gasteiger charge is -2.26. The van der Waals surface area contributed by atoms with Crippen LogP contribution >= 0.6 is 11.6 Å². The molecule has 1 fully saturated rings. The van der Waals surface area contributed by atoms with Gasteiger partial charge in [-0.2, -0.15) is 0 Å². The van der Waals surface area contributed by atoms with Crippen LogP contribution in [0, 0.1) is 5.92 Å². The molecule has 1 saturated carbocycles. The van der Waals surface area contributed by atoms with Crippen molar-refractivity contribution >= 4 is 17.5 Å². The number of carbonyl (C=O) groups is 1. The monoisotopic (exact) mass is 293 g/mol. The number of halogens is 1. The molecular formula is C17H24ClNO. The maximum atomic E-state index is 12.7. The van der Waals surface area contributed by atoms with Crippen molar-refractivity contribution in [3.05, 3.63) is 35.9 Å². The topological polar surface area (TPSA) is 20.3 Å². The van der Waals surface area contributed by atoms with Gasteiger partial charge >= 0.3 is 0 Å². The smallest absolute Gasteiger partial charge is 0.226 e. The highest BCUT2D eigenvalue weighted by Crippen LogP contribution is 2.25. The van der Waals surface area contributed by atoms with Crippen LogP contribution in [0.25, 0.3) is 0 Å². The first-order chi connectivity index (χ1) is 9.81. The molecule has 110 valence electrons. The van der Waals surface area contributed by atoms with Gasteiger partial charge in [-0.05, 0) is 18.4 Å². The molecule has 1 aliphatic rings. The van der Waals surface area contributed by atoms with Crippen LogP contribution in [0.4, 0.5) is 0 Å². The van der Waals surface area contributed by atoms with Crippen molar-refractivity contribution in [3.8, 4) is 0 Å². The molecule has 0 unspecified atom stereocenters. The summed E-state index contributed by atoms with van der Waals surface area (Å²) in [5, 5.41) is 0. The van der Waals surface area contributed by atoms with Crippen LogP contribution in [0.15, 0.2) is 30.3 Å². The molecule has 0 N–H and O–H groups in total. The summed E-state index contributed by atoms with van der Waals surface area (Å²) >= 11 is 5.88. The van der Waals surface area contributed by atoms with Crippen molar-refractivity contribution in [2.24, 2.45) is 5.92 Å². The molecule has 2 nitrogen and oxygen atoms in total. The number of benzene rings is 1. The number of hydrogen-bond acceptors (Lipinski definition) is 1. The van der Waals surface area contributed by atoms with Crippen molar-refractivity contribution in [1.29, 1.82) is 0 Å². The summed E-state index contributed by atoms with van der Waals surface area (Å²) < 4.78 is 0. The summed E-state index contributed by atoms with van der Waals surface area (Å²) in [5.74, 6) is 1.02. The number of nitrogens with zero attached hydrogens (tertiary/aromatic N) is 1. The highest BCUT2D eigenvalue weighted by molar-refractivity contribution is 6.18. The number of hydrogen-bond donors (Lipinski definition) is 0. The molecule has 0 bridgehead atoms. The standard InChI is InChI=1S/C17H24ClNO/c18-12-13-19(14-15-8-4-3-5-9-15)17(20)16-10-6-1-2-7-11-16/h3-5,8-9,16H,1-2,6-7,10-14H2. The Kier molecular flexibility index (Phi) is 6.38. The van der Waals surface area contributed by atoms with Crippen molar-refractivity contribution < 1.29 is 4.79 Å². The zero-order valence-electron chi connectivity index (χ0n) is 12.1. The van der Waals surface area contributed by atoms with E-state index in [1.807, 2.05) is 23.1 Å². The lowest BCUT2D eigenvalue weighted by Crippen LogP contribution is -2.37. The Balaban J connectivity index is 2.01. The van der Waals surface area contributed by atoms with Crippen LogP contribution < -0.4 is 0 Å². The van der Waals surface area contributed by atoms with E-state index in [4.69, 9.17) is 11.6 Å². The quantitative estimate of drug-likeness (QED) is 0.588. The highest BCUT2D eigenvalue weighted by Gasteiger charge is 2.24. The van der Waals surface area contributed by atoms with E-state index in [0.29, 0.717) is 24.9 Å². The third kappa shape index (κ3) is 4.52. The fourth-order valence-corrected chi connectivity index (χ4v) is 3.16. The summed E-state index contributed by atoms with van der Waals surface area (Å²) in [4.78, 5) is 14.7. The lowest BCUT2D eigenvalue weighted by atomic mass is 9.98. The van der Waals surface area contributed by atoms with Crippen LogP contribution in [0.2, 0.25) is 0 Å². The second-order valence-electron chi connectivity index (χ2n) is 5.62. The number of amides is 1. The molecule has 1 aromatic carbocycles. The van der Waals surface area contributed by atoms with E-state index in [0.717, 1.165) is 12.8 Å². The average Bonchev–Trinajstić information content (AvgIpc) is 2.76. The van der Waals surface area contributed by atoms with Gasteiger partial charge in [0.25, 0.3) is 0 Å². The van der Waals surface area contributed by atoms with Crippen LogP contribution in [-0.4, -0.2) is 23.2 Å². The van der Waals surface area contributed by atoms with Crippen molar-refractivity contribution in [2.75, 3.05) is 12.4 Å². The number of rotatable bonds is 5. The third-order valence-corrected chi connectivity index (χ3v) is 4.26. The van der Waals surface area contributed by atoms with Crippen molar-refractivity contribution in [2.45, 2.75) is 45.1 Å². The molecule has 20 heavy (non-hydrogen) atoms. The van der Waals surface area contributed by atoms with E-state index in [1.165, 1.54) is 31.2 Å². The van der Waals surface area contributed by atoms with Crippen molar-refractivity contribution in [1.82, 2.24) is 4.90 Å². The Bertz CT molecular complexity index is 399. The second kappa shape index (κ2) is 8.31. The van der Waals surface area contributed by atoms with E-state index in [-0.39, 0.29) is 5.92 Å². The summed E-state index contributed by atoms with van der Waals surface area (Å²) in [7, 11) is 0. The van der Waals surface area contributed by atoms with Gasteiger partial charge in [0.1, 0.15) is 0 Å². The second-order valence-corrected chi connectivity index (χ2v) is 6.00. The van der Waals surface area contributed by atoms with Crippen LogP contribution in [0.5, 0.6) is 0 Å². The molecule has 1 amide bonds.